The zero-order valence-electron chi connectivity index (χ0n) is 11.3. The van der Waals surface area contributed by atoms with Crippen molar-refractivity contribution < 1.29 is 18.0 Å². The summed E-state index contributed by atoms with van der Waals surface area (Å²) in [7, 11) is 3.14. The molecule has 0 aliphatic rings. The molecule has 0 unspecified atom stereocenters. The number of hydrogen-bond donors (Lipinski definition) is 2. The average Bonchev–Trinajstić information content (AvgIpc) is 2.82. The van der Waals surface area contributed by atoms with Gasteiger partial charge in [0.05, 0.1) is 17.3 Å². The Kier molecular flexibility index (Phi) is 3.88. The van der Waals surface area contributed by atoms with Gasteiger partial charge in [0.1, 0.15) is 5.82 Å². The van der Waals surface area contributed by atoms with Gasteiger partial charge < -0.3 is 10.6 Å². The van der Waals surface area contributed by atoms with Gasteiger partial charge in [0.25, 0.3) is 5.91 Å². The Bertz CT molecular complexity index is 664. The largest absolute Gasteiger partial charge is 0.416 e. The number of carbonyl (C=O) groups excluding carboxylic acids is 1. The number of amides is 1. The number of anilines is 2. The van der Waals surface area contributed by atoms with E-state index in [2.05, 4.69) is 15.7 Å². The molecular formula is C13H13F3N4O. The van der Waals surface area contributed by atoms with Gasteiger partial charge in [-0.15, -0.1) is 0 Å². The van der Waals surface area contributed by atoms with Crippen LogP contribution in [0, 0.1) is 0 Å². The predicted octanol–water partition coefficient (Wildman–Crippen LogP) is 2.73. The van der Waals surface area contributed by atoms with E-state index < -0.39 is 17.6 Å². The number of hydrogen-bond acceptors (Lipinski definition) is 3. The van der Waals surface area contributed by atoms with Crippen molar-refractivity contribution in [2.45, 2.75) is 6.18 Å². The van der Waals surface area contributed by atoms with Gasteiger partial charge in [0, 0.05) is 25.8 Å². The summed E-state index contributed by atoms with van der Waals surface area (Å²) in [6.07, 6.45) is -3.03. The van der Waals surface area contributed by atoms with Crippen LogP contribution in [-0.2, 0) is 13.2 Å². The molecule has 5 nitrogen and oxygen atoms in total. The van der Waals surface area contributed by atoms with E-state index in [1.165, 1.54) is 24.0 Å². The highest BCUT2D eigenvalue weighted by molar-refractivity contribution is 6.07. The van der Waals surface area contributed by atoms with E-state index in [1.54, 1.807) is 13.1 Å². The maximum absolute atomic E-state index is 12.7. The molecule has 0 spiro atoms. The first-order valence-electron chi connectivity index (χ1n) is 6.01. The van der Waals surface area contributed by atoms with Crippen LogP contribution < -0.4 is 10.6 Å². The van der Waals surface area contributed by atoms with Crippen LogP contribution >= 0.6 is 0 Å². The molecule has 2 N–H and O–H groups in total. The highest BCUT2D eigenvalue weighted by Crippen LogP contribution is 2.32. The van der Waals surface area contributed by atoms with Crippen molar-refractivity contribution in [2.75, 3.05) is 17.7 Å². The number of aromatic nitrogens is 2. The molecule has 8 heteroatoms. The van der Waals surface area contributed by atoms with Crippen LogP contribution in [-0.4, -0.2) is 22.7 Å². The number of nitrogens with one attached hydrogen (secondary N) is 2. The second-order valence-corrected chi connectivity index (χ2v) is 4.30. The molecular weight excluding hydrogens is 285 g/mol. The SMILES string of the molecule is CNc1ccc(C(F)(F)F)cc1C(=O)Nc1ccnn1C. The molecule has 0 aliphatic heterocycles. The van der Waals surface area contributed by atoms with Crippen LogP contribution in [0.5, 0.6) is 0 Å². The van der Waals surface area contributed by atoms with Crippen LogP contribution in [0.15, 0.2) is 30.5 Å². The van der Waals surface area contributed by atoms with Crippen molar-refractivity contribution in [1.29, 1.82) is 0 Å². The van der Waals surface area contributed by atoms with Gasteiger partial charge in [-0.25, -0.2) is 0 Å². The maximum atomic E-state index is 12.7. The minimum absolute atomic E-state index is 0.0893. The summed E-state index contributed by atoms with van der Waals surface area (Å²) < 4.78 is 39.6. The number of benzene rings is 1. The fourth-order valence-electron chi connectivity index (χ4n) is 1.81. The van der Waals surface area contributed by atoms with Gasteiger partial charge in [0.2, 0.25) is 0 Å². The van der Waals surface area contributed by atoms with Crippen LogP contribution in [0.4, 0.5) is 24.7 Å². The van der Waals surface area contributed by atoms with E-state index in [0.717, 1.165) is 12.1 Å². The molecule has 21 heavy (non-hydrogen) atoms. The molecule has 0 saturated carbocycles. The number of aryl methyl sites for hydroxylation is 1. The summed E-state index contributed by atoms with van der Waals surface area (Å²) in [5.74, 6) is -0.256. The van der Waals surface area contributed by atoms with Crippen molar-refractivity contribution in [3.63, 3.8) is 0 Å². The van der Waals surface area contributed by atoms with E-state index in [4.69, 9.17) is 0 Å². The molecule has 1 amide bonds. The minimum Gasteiger partial charge on any atom is -0.387 e. The first-order valence-corrected chi connectivity index (χ1v) is 6.01. The van der Waals surface area contributed by atoms with Gasteiger partial charge in [0.15, 0.2) is 0 Å². The number of halogens is 3. The van der Waals surface area contributed by atoms with Gasteiger partial charge in [-0.1, -0.05) is 0 Å². The second-order valence-electron chi connectivity index (χ2n) is 4.30. The zero-order chi connectivity index (χ0) is 15.6. The van der Waals surface area contributed by atoms with E-state index >= 15 is 0 Å². The standard InChI is InChI=1S/C13H13F3N4O/c1-17-10-4-3-8(13(14,15)16)7-9(10)12(21)19-11-5-6-18-20(11)2/h3-7,17H,1-2H3,(H,19,21). The topological polar surface area (TPSA) is 59.0 Å². The smallest absolute Gasteiger partial charge is 0.387 e. The summed E-state index contributed by atoms with van der Waals surface area (Å²) in [4.78, 5) is 12.2. The van der Waals surface area contributed by atoms with E-state index in [1.807, 2.05) is 0 Å². The number of rotatable bonds is 3. The molecule has 2 rings (SSSR count). The first-order chi connectivity index (χ1) is 9.82. The fraction of sp³-hybridized carbons (Fsp3) is 0.231. The Balaban J connectivity index is 2.37. The first kappa shape index (κ1) is 14.9. The van der Waals surface area contributed by atoms with Gasteiger partial charge in [-0.05, 0) is 18.2 Å². The molecule has 0 fully saturated rings. The maximum Gasteiger partial charge on any atom is 0.416 e. The Morgan fingerprint density at radius 1 is 1.29 bits per heavy atom. The zero-order valence-corrected chi connectivity index (χ0v) is 11.3. The summed E-state index contributed by atoms with van der Waals surface area (Å²) in [5, 5.41) is 9.08. The van der Waals surface area contributed by atoms with Gasteiger partial charge >= 0.3 is 6.18 Å². The Hall–Kier alpha value is -2.51. The Morgan fingerprint density at radius 3 is 2.52 bits per heavy atom. The quantitative estimate of drug-likeness (QED) is 0.916. The molecule has 2 aromatic rings. The number of alkyl halides is 3. The Labute approximate surface area is 118 Å². The molecule has 0 radical (unpaired) electrons. The summed E-state index contributed by atoms with van der Waals surface area (Å²) in [5.41, 5.74) is -0.659. The fourth-order valence-corrected chi connectivity index (χ4v) is 1.81. The number of nitrogens with zero attached hydrogens (tertiary/aromatic N) is 2. The van der Waals surface area contributed by atoms with E-state index in [9.17, 15) is 18.0 Å². The minimum atomic E-state index is -4.51. The summed E-state index contributed by atoms with van der Waals surface area (Å²) in [6.45, 7) is 0. The van der Waals surface area contributed by atoms with Crippen molar-refractivity contribution in [1.82, 2.24) is 9.78 Å². The van der Waals surface area contributed by atoms with Crippen molar-refractivity contribution >= 4 is 17.4 Å². The molecule has 0 bridgehead atoms. The average molecular weight is 298 g/mol. The van der Waals surface area contributed by atoms with Crippen LogP contribution in [0.25, 0.3) is 0 Å². The van der Waals surface area contributed by atoms with Crippen molar-refractivity contribution in [2.24, 2.45) is 7.05 Å². The molecule has 1 aromatic heterocycles. The molecule has 0 atom stereocenters. The van der Waals surface area contributed by atoms with Gasteiger partial charge in [-0.3, -0.25) is 9.48 Å². The lowest BCUT2D eigenvalue weighted by Gasteiger charge is -2.13. The van der Waals surface area contributed by atoms with E-state index in [-0.39, 0.29) is 5.56 Å². The monoisotopic (exact) mass is 298 g/mol. The highest BCUT2D eigenvalue weighted by Gasteiger charge is 2.31. The second kappa shape index (κ2) is 5.47. The van der Waals surface area contributed by atoms with Crippen molar-refractivity contribution in [3.8, 4) is 0 Å². The summed E-state index contributed by atoms with van der Waals surface area (Å²) in [6, 6.07) is 4.51. The molecule has 0 aliphatic carbocycles. The third-order valence-corrected chi connectivity index (χ3v) is 2.92. The lowest BCUT2D eigenvalue weighted by molar-refractivity contribution is -0.137. The molecule has 0 saturated heterocycles. The highest BCUT2D eigenvalue weighted by atomic mass is 19.4. The molecule has 1 aromatic carbocycles. The number of carbonyl (C=O) groups is 1. The Morgan fingerprint density at radius 2 is 2.00 bits per heavy atom. The summed E-state index contributed by atoms with van der Waals surface area (Å²) >= 11 is 0. The lowest BCUT2D eigenvalue weighted by Crippen LogP contribution is -2.17. The van der Waals surface area contributed by atoms with Crippen LogP contribution in [0.1, 0.15) is 15.9 Å². The third kappa shape index (κ3) is 3.15. The third-order valence-electron chi connectivity index (χ3n) is 2.92. The lowest BCUT2D eigenvalue weighted by atomic mass is 10.1. The van der Waals surface area contributed by atoms with Gasteiger partial charge in [-0.2, -0.15) is 18.3 Å². The predicted molar refractivity (Wildman–Crippen MR) is 72.2 cm³/mol. The van der Waals surface area contributed by atoms with Crippen molar-refractivity contribution in [3.05, 3.63) is 41.6 Å². The molecule has 112 valence electrons. The van der Waals surface area contributed by atoms with E-state index in [0.29, 0.717) is 11.5 Å². The normalized spacial score (nSPS) is 11.3. The van der Waals surface area contributed by atoms with Crippen LogP contribution in [0.2, 0.25) is 0 Å². The van der Waals surface area contributed by atoms with Crippen LogP contribution in [0.3, 0.4) is 0 Å². The molecule has 1 heterocycles.